The van der Waals surface area contributed by atoms with Gasteiger partial charge in [-0.15, -0.1) is 0 Å². The Labute approximate surface area is 453 Å². The number of carbonyl (C=O) groups excluding carboxylic acids is 4. The molecular formula is C55H102Br3N3O8. The van der Waals surface area contributed by atoms with Crippen LogP contribution in [0.4, 0.5) is 0 Å². The average molecular weight is 1170 g/mol. The summed E-state index contributed by atoms with van der Waals surface area (Å²) in [4.78, 5) is 54.3. The van der Waals surface area contributed by atoms with Gasteiger partial charge in [-0.25, -0.2) is 0 Å². The minimum absolute atomic E-state index is 0. The summed E-state index contributed by atoms with van der Waals surface area (Å²) < 4.78 is 28.0. The molecule has 4 rings (SSSR count). The zero-order valence-corrected chi connectivity index (χ0v) is 50.8. The van der Waals surface area contributed by atoms with Gasteiger partial charge in [0.05, 0.1) is 109 Å². The number of ether oxygens (including phenoxy) is 4. The number of halogens is 3. The molecule has 14 heteroatoms. The highest BCUT2D eigenvalue weighted by atomic mass is 79.9. The molecule has 0 unspecified atom stereocenters. The van der Waals surface area contributed by atoms with E-state index in [1.807, 2.05) is 0 Å². The summed E-state index contributed by atoms with van der Waals surface area (Å²) in [6.45, 7) is 12.6. The maximum Gasteiger partial charge on any atom is 0.306 e. The Morgan fingerprint density at radius 3 is 1.61 bits per heavy atom. The number of fused-ring (bicyclic) bond motifs is 5. The van der Waals surface area contributed by atoms with Crippen LogP contribution in [0, 0.1) is 46.3 Å². The van der Waals surface area contributed by atoms with E-state index >= 15 is 0 Å². The van der Waals surface area contributed by atoms with Crippen LogP contribution in [0.1, 0.15) is 175 Å². The van der Waals surface area contributed by atoms with Gasteiger partial charge in [0.1, 0.15) is 18.3 Å². The van der Waals surface area contributed by atoms with E-state index in [9.17, 15) is 19.2 Å². The van der Waals surface area contributed by atoms with E-state index in [2.05, 4.69) is 91.1 Å². The molecule has 11 atom stereocenters. The van der Waals surface area contributed by atoms with Gasteiger partial charge in [0.15, 0.2) is 0 Å². The molecule has 0 heterocycles. The molecule has 0 spiro atoms. The van der Waals surface area contributed by atoms with Crippen molar-refractivity contribution in [3.05, 3.63) is 0 Å². The first-order valence-corrected chi connectivity index (χ1v) is 27.0. The highest BCUT2D eigenvalue weighted by Crippen LogP contribution is 2.69. The van der Waals surface area contributed by atoms with Crippen LogP contribution in [0.25, 0.3) is 0 Å². The van der Waals surface area contributed by atoms with Gasteiger partial charge >= 0.3 is 23.9 Å². The molecule has 0 saturated heterocycles. The zero-order valence-electron chi connectivity index (χ0n) is 46.0. The summed E-state index contributed by atoms with van der Waals surface area (Å²) in [5.41, 5.74) is -0.421. The van der Waals surface area contributed by atoms with Gasteiger partial charge < -0.3 is 83.3 Å². The molecular weight excluding hydrogens is 1070 g/mol. The van der Waals surface area contributed by atoms with Crippen molar-refractivity contribution in [2.45, 2.75) is 194 Å². The Kier molecular flexibility index (Phi) is 28.7. The number of nitrogens with zero attached hydrogens (tertiary/aromatic N) is 3. The minimum Gasteiger partial charge on any atom is -1.00 e. The maximum atomic E-state index is 14.0. The van der Waals surface area contributed by atoms with Gasteiger partial charge in [-0.3, -0.25) is 19.2 Å². The molecule has 0 aliphatic heterocycles. The summed E-state index contributed by atoms with van der Waals surface area (Å²) in [5.74, 6) is 0.732. The Morgan fingerprint density at radius 1 is 0.565 bits per heavy atom. The molecule has 0 radical (unpaired) electrons. The quantitative estimate of drug-likeness (QED) is 0.0499. The van der Waals surface area contributed by atoms with E-state index in [-0.39, 0.29) is 139 Å². The fourth-order valence-corrected chi connectivity index (χ4v) is 13.3. The third-order valence-electron chi connectivity index (χ3n) is 17.0. The second kappa shape index (κ2) is 29.9. The highest BCUT2D eigenvalue weighted by Gasteiger charge is 2.68. The number of unbranched alkanes of at least 4 members (excludes halogenated alkanes) is 7. The van der Waals surface area contributed by atoms with Crippen molar-refractivity contribution in [1.82, 2.24) is 0 Å². The summed E-state index contributed by atoms with van der Waals surface area (Å²) in [6, 6.07) is 0. The van der Waals surface area contributed by atoms with Crippen molar-refractivity contribution in [3.8, 4) is 0 Å². The topological polar surface area (TPSA) is 105 Å². The third kappa shape index (κ3) is 20.8. The number of rotatable bonds is 28. The van der Waals surface area contributed by atoms with E-state index in [1.165, 1.54) is 38.5 Å². The molecule has 0 amide bonds. The second-order valence-electron chi connectivity index (χ2n) is 25.5. The fraction of sp³-hybridized carbons (Fsp3) is 0.927. The normalized spacial score (nSPS) is 29.1. The van der Waals surface area contributed by atoms with Gasteiger partial charge in [0.2, 0.25) is 0 Å². The van der Waals surface area contributed by atoms with E-state index in [0.29, 0.717) is 32.3 Å². The largest absolute Gasteiger partial charge is 1.00 e. The van der Waals surface area contributed by atoms with Gasteiger partial charge in [0.25, 0.3) is 0 Å². The van der Waals surface area contributed by atoms with Crippen LogP contribution in [-0.2, 0) is 38.1 Å². The second-order valence-corrected chi connectivity index (χ2v) is 25.5. The molecule has 0 aromatic carbocycles. The number of carbonyl (C=O) groups is 4. The standard InChI is InChI=1S/C55H102N3O8.3BrH/c1-14-15-16-17-18-19-20-21-37-63-49(59)31-28-41(2)44-29-30-45-53-46(40-48(55(44,45)4)66-52(62)27-24-36-58(11,12)13)54(3)33-32-43(64-50(60)25-22-34-56(5,6)7)38-42(54)39-47(53)65-51(61)26-23-35-57(8,9)10;;;/h41-48,53H,14-40H2,1-13H3;3*1H/q+3;;;/p-3/t41-,42+,43-,44-,45+,46+,47-,48+,53+,54+,55-;;;/m1.../s1. The van der Waals surface area contributed by atoms with E-state index in [0.717, 1.165) is 117 Å². The lowest BCUT2D eigenvalue weighted by Crippen LogP contribution is -3.00. The molecule has 0 bridgehead atoms. The van der Waals surface area contributed by atoms with Crippen molar-refractivity contribution in [2.24, 2.45) is 46.3 Å². The van der Waals surface area contributed by atoms with Crippen molar-refractivity contribution in [3.63, 3.8) is 0 Å². The van der Waals surface area contributed by atoms with Crippen LogP contribution in [0.2, 0.25) is 0 Å². The van der Waals surface area contributed by atoms with Crippen molar-refractivity contribution < 1.29 is 103 Å². The van der Waals surface area contributed by atoms with Crippen LogP contribution < -0.4 is 50.9 Å². The van der Waals surface area contributed by atoms with Crippen LogP contribution in [0.5, 0.6) is 0 Å². The van der Waals surface area contributed by atoms with Crippen LogP contribution >= 0.6 is 0 Å². The van der Waals surface area contributed by atoms with Gasteiger partial charge in [-0.2, -0.15) is 0 Å². The van der Waals surface area contributed by atoms with Gasteiger partial charge in [-0.1, -0.05) is 72.6 Å². The number of esters is 4. The number of hydrogen-bond acceptors (Lipinski definition) is 8. The summed E-state index contributed by atoms with van der Waals surface area (Å²) >= 11 is 0. The Balaban J connectivity index is 0.00000793. The van der Waals surface area contributed by atoms with E-state index < -0.39 is 0 Å². The molecule has 69 heavy (non-hydrogen) atoms. The Morgan fingerprint density at radius 2 is 1.07 bits per heavy atom. The predicted molar refractivity (Wildman–Crippen MR) is 264 cm³/mol. The molecule has 0 aromatic heterocycles. The summed E-state index contributed by atoms with van der Waals surface area (Å²) in [5, 5.41) is 0. The molecule has 4 fully saturated rings. The minimum atomic E-state index is -0.340. The van der Waals surface area contributed by atoms with Crippen LogP contribution in [0.3, 0.4) is 0 Å². The summed E-state index contributed by atoms with van der Waals surface area (Å²) in [6.07, 6.45) is 19.6. The number of quaternary nitrogens is 3. The lowest BCUT2D eigenvalue weighted by molar-refractivity contribution is -0.870. The van der Waals surface area contributed by atoms with Gasteiger partial charge in [-0.05, 0) is 92.8 Å². The van der Waals surface area contributed by atoms with Crippen molar-refractivity contribution in [2.75, 3.05) is 89.7 Å². The lowest BCUT2D eigenvalue weighted by Gasteiger charge is -2.64. The monoisotopic (exact) mass is 1170 g/mol. The first kappa shape index (κ1) is 66.2. The fourth-order valence-electron chi connectivity index (χ4n) is 13.3. The maximum absolute atomic E-state index is 14.0. The first-order chi connectivity index (χ1) is 30.9. The van der Waals surface area contributed by atoms with Crippen LogP contribution in [-0.4, -0.2) is 145 Å². The molecule has 0 N–H and O–H groups in total. The number of hydrogen-bond donors (Lipinski definition) is 0. The van der Waals surface area contributed by atoms with Gasteiger partial charge in [0, 0.05) is 37.0 Å². The van der Waals surface area contributed by atoms with Crippen LogP contribution in [0.15, 0.2) is 0 Å². The SMILES string of the molecule is CCCCCCCCCCOC(=O)CC[C@@H](C)[C@H]1CC[C@H]2[C@@H]3[C@H](OC(=O)CCC[N+](C)(C)C)C[C@@H]4C[C@H](OC(=O)CCC[N+](C)(C)C)CC[C@]4(C)[C@H]3C[C@H](OC(=O)CCC[N+](C)(C)C)[C@]12C.[Br-].[Br-].[Br-]. The Hall–Kier alpha value is -0.800. The predicted octanol–water partition coefficient (Wildman–Crippen LogP) is 1.17. The zero-order chi connectivity index (χ0) is 48.9. The summed E-state index contributed by atoms with van der Waals surface area (Å²) in [7, 11) is 19.4. The lowest BCUT2D eigenvalue weighted by atomic mass is 9.43. The smallest absolute Gasteiger partial charge is 0.306 e. The van der Waals surface area contributed by atoms with E-state index in [1.54, 1.807) is 0 Å². The van der Waals surface area contributed by atoms with Crippen molar-refractivity contribution in [1.29, 1.82) is 0 Å². The molecule has 4 saturated carbocycles. The third-order valence-corrected chi connectivity index (χ3v) is 17.0. The van der Waals surface area contributed by atoms with E-state index in [4.69, 9.17) is 18.9 Å². The molecule has 4 aliphatic carbocycles. The first-order valence-electron chi connectivity index (χ1n) is 27.0. The molecule has 4 aliphatic rings. The molecule has 406 valence electrons. The highest BCUT2D eigenvalue weighted by molar-refractivity contribution is 5.70. The Bertz CT molecular complexity index is 1550. The average Bonchev–Trinajstić information content (AvgIpc) is 3.56. The van der Waals surface area contributed by atoms with Crippen molar-refractivity contribution >= 4 is 23.9 Å². The molecule has 0 aromatic rings. The molecule has 11 nitrogen and oxygen atoms in total.